The molecule has 0 saturated heterocycles. The van der Waals surface area contributed by atoms with E-state index in [0.717, 1.165) is 36.3 Å². The van der Waals surface area contributed by atoms with E-state index < -0.39 is 0 Å². The van der Waals surface area contributed by atoms with Gasteiger partial charge in [0, 0.05) is 31.3 Å². The van der Waals surface area contributed by atoms with Crippen LogP contribution in [-0.2, 0) is 4.74 Å². The molecule has 0 unspecified atom stereocenters. The maximum atomic E-state index is 9.23. The lowest BCUT2D eigenvalue weighted by Crippen LogP contribution is -2.26. The highest BCUT2D eigenvalue weighted by molar-refractivity contribution is 6.51. The van der Waals surface area contributed by atoms with Crippen molar-refractivity contribution in [3.05, 3.63) is 35.6 Å². The number of allylic oxidation sites excluding steroid dienone is 2. The van der Waals surface area contributed by atoms with Crippen LogP contribution in [0.1, 0.15) is 51.5 Å². The number of nitrogens with one attached hydrogen (secondary N) is 2. The number of aliphatic imine (C=N–C) groups is 1. The fourth-order valence-electron chi connectivity index (χ4n) is 3.27. The van der Waals surface area contributed by atoms with Gasteiger partial charge >= 0.3 is 0 Å². The number of aliphatic hydroxyl groups excluding tert-OH is 1. The van der Waals surface area contributed by atoms with Crippen LogP contribution in [0.2, 0.25) is 0 Å². The summed E-state index contributed by atoms with van der Waals surface area (Å²) in [4.78, 5) is 6.79. The van der Waals surface area contributed by atoms with Crippen molar-refractivity contribution >= 4 is 28.5 Å². The summed E-state index contributed by atoms with van der Waals surface area (Å²) in [5, 5.41) is 25.6. The van der Waals surface area contributed by atoms with E-state index in [1.165, 1.54) is 12.8 Å². The molecule has 0 bridgehead atoms. The van der Waals surface area contributed by atoms with Gasteiger partial charge in [0.05, 0.1) is 36.0 Å². The average molecular weight is 399 g/mol. The topological polar surface area (TPSA) is 92.8 Å². The van der Waals surface area contributed by atoms with Gasteiger partial charge in [-0.25, -0.2) is 4.99 Å². The second-order valence-electron chi connectivity index (χ2n) is 7.32. The largest absolute Gasteiger partial charge is 0.492 e. The first-order chi connectivity index (χ1) is 14.0. The van der Waals surface area contributed by atoms with Gasteiger partial charge in [-0.3, -0.25) is 0 Å². The van der Waals surface area contributed by atoms with E-state index in [4.69, 9.17) is 15.6 Å². The fourth-order valence-corrected chi connectivity index (χ4v) is 3.27. The Bertz CT molecular complexity index is 783. The van der Waals surface area contributed by atoms with E-state index in [0.29, 0.717) is 36.0 Å². The Hall–Kier alpha value is -2.47. The minimum Gasteiger partial charge on any atom is -0.492 e. The summed E-state index contributed by atoms with van der Waals surface area (Å²) in [5.41, 5.74) is 4.11. The Labute approximate surface area is 174 Å². The van der Waals surface area contributed by atoms with E-state index in [1.807, 2.05) is 19.1 Å². The molecular formula is C23H34N4O2. The summed E-state index contributed by atoms with van der Waals surface area (Å²) >= 11 is 0. The van der Waals surface area contributed by atoms with Crippen LogP contribution in [0.4, 0.5) is 11.4 Å². The summed E-state index contributed by atoms with van der Waals surface area (Å²) in [7, 11) is 0. The summed E-state index contributed by atoms with van der Waals surface area (Å²) in [5.74, 6) is 0.533. The summed E-state index contributed by atoms with van der Waals surface area (Å²) < 4.78 is 5.81. The van der Waals surface area contributed by atoms with Gasteiger partial charge in [-0.05, 0) is 44.0 Å². The van der Waals surface area contributed by atoms with Crippen LogP contribution in [0.15, 0.2) is 35.0 Å². The Morgan fingerprint density at radius 1 is 1.14 bits per heavy atom. The first-order valence-electron chi connectivity index (χ1n) is 10.5. The number of hydrogen-bond acceptors (Lipinski definition) is 6. The second kappa shape index (κ2) is 11.5. The van der Waals surface area contributed by atoms with Gasteiger partial charge < -0.3 is 25.6 Å². The van der Waals surface area contributed by atoms with Gasteiger partial charge in [-0.15, -0.1) is 0 Å². The third-order valence-corrected chi connectivity index (χ3v) is 5.02. The average Bonchev–Trinajstić information content (AvgIpc) is 2.70. The molecule has 6 nitrogen and oxygen atoms in total. The molecule has 3 N–H and O–H groups in total. The number of likely N-dealkylation sites (N-methyl/N-ethyl adjacent to an activating group) is 1. The summed E-state index contributed by atoms with van der Waals surface area (Å²) in [6.07, 6.45) is 6.46. The molecule has 0 amide bonds. The number of anilines is 1. The molecule has 0 radical (unpaired) electrons. The number of hydrogen-bond donors (Lipinski definition) is 3. The summed E-state index contributed by atoms with van der Waals surface area (Å²) in [6, 6.07) is 6.00. The van der Waals surface area contributed by atoms with Crippen LogP contribution in [0.25, 0.3) is 0 Å². The Morgan fingerprint density at radius 3 is 2.59 bits per heavy atom. The Morgan fingerprint density at radius 2 is 1.93 bits per heavy atom. The first-order valence-corrected chi connectivity index (χ1v) is 10.5. The maximum Gasteiger partial charge on any atom is 0.142 e. The molecule has 6 heteroatoms. The van der Waals surface area contributed by atoms with Crippen molar-refractivity contribution in [2.24, 2.45) is 4.99 Å². The number of benzene rings is 1. The van der Waals surface area contributed by atoms with Gasteiger partial charge in [0.15, 0.2) is 0 Å². The molecule has 1 aromatic rings. The molecule has 1 aliphatic carbocycles. The van der Waals surface area contributed by atoms with E-state index in [9.17, 15) is 5.11 Å². The molecule has 1 aromatic carbocycles. The summed E-state index contributed by atoms with van der Waals surface area (Å²) in [6.45, 7) is 8.37. The van der Waals surface area contributed by atoms with E-state index >= 15 is 0 Å². The highest BCUT2D eigenvalue weighted by Crippen LogP contribution is 2.26. The van der Waals surface area contributed by atoms with Crippen LogP contribution in [0.5, 0.6) is 0 Å². The number of rotatable bonds is 11. The Kier molecular flexibility index (Phi) is 9.06. The molecule has 2 rings (SSSR count). The SMILES string of the molecule is CCCCCCOC1=CC(=Nc2ccc(N(CC)CCO)cc2C)C(=N)CC1=N. The number of aryl methyl sites for hydroxylation is 1. The Balaban J connectivity index is 2.18. The van der Waals surface area contributed by atoms with Crippen molar-refractivity contribution in [3.8, 4) is 0 Å². The van der Waals surface area contributed by atoms with Crippen molar-refractivity contribution in [2.75, 3.05) is 31.2 Å². The zero-order chi connectivity index (χ0) is 21.2. The number of nitrogens with zero attached hydrogens (tertiary/aromatic N) is 2. The predicted molar refractivity (Wildman–Crippen MR) is 121 cm³/mol. The molecule has 0 atom stereocenters. The monoisotopic (exact) mass is 398 g/mol. The lowest BCUT2D eigenvalue weighted by atomic mass is 9.99. The minimum absolute atomic E-state index is 0.117. The van der Waals surface area contributed by atoms with Gasteiger partial charge in [-0.1, -0.05) is 26.2 Å². The first kappa shape index (κ1) is 22.8. The third-order valence-electron chi connectivity index (χ3n) is 5.02. The smallest absolute Gasteiger partial charge is 0.142 e. The van der Waals surface area contributed by atoms with Crippen LogP contribution in [-0.4, -0.2) is 48.5 Å². The molecule has 158 valence electrons. The van der Waals surface area contributed by atoms with Crippen LogP contribution >= 0.6 is 0 Å². The van der Waals surface area contributed by atoms with Gasteiger partial charge in [0.1, 0.15) is 5.76 Å². The zero-order valence-electron chi connectivity index (χ0n) is 17.9. The second-order valence-corrected chi connectivity index (χ2v) is 7.32. The molecule has 0 aromatic heterocycles. The minimum atomic E-state index is 0.117. The number of ether oxygens (including phenoxy) is 1. The van der Waals surface area contributed by atoms with Crippen LogP contribution in [0.3, 0.4) is 0 Å². The third kappa shape index (κ3) is 6.53. The zero-order valence-corrected chi connectivity index (χ0v) is 17.9. The molecular weight excluding hydrogens is 364 g/mol. The van der Waals surface area contributed by atoms with Crippen LogP contribution < -0.4 is 4.90 Å². The maximum absolute atomic E-state index is 9.23. The normalized spacial score (nSPS) is 15.6. The van der Waals surface area contributed by atoms with E-state index in [2.05, 4.69) is 29.8 Å². The van der Waals surface area contributed by atoms with Crippen molar-refractivity contribution in [1.29, 1.82) is 10.8 Å². The van der Waals surface area contributed by atoms with Crippen molar-refractivity contribution in [1.82, 2.24) is 0 Å². The molecule has 0 spiro atoms. The standard InChI is InChI=1S/C23H34N4O2/c1-4-6-7-8-13-29-23-16-22(19(24)15-20(23)25)26-21-10-9-18(14-17(21)3)27(5-2)11-12-28/h9-10,14,16,24-25,28H,4-8,11-13,15H2,1-3H3. The number of unbranched alkanes of at least 4 members (excludes halogenated alkanes) is 3. The highest BCUT2D eigenvalue weighted by Gasteiger charge is 2.20. The van der Waals surface area contributed by atoms with Crippen LogP contribution in [0, 0.1) is 17.7 Å². The highest BCUT2D eigenvalue weighted by atomic mass is 16.5. The predicted octanol–water partition coefficient (Wildman–Crippen LogP) is 4.81. The van der Waals surface area contributed by atoms with E-state index in [1.54, 1.807) is 6.08 Å². The molecule has 1 aliphatic rings. The van der Waals surface area contributed by atoms with Gasteiger partial charge in [-0.2, -0.15) is 0 Å². The molecule has 29 heavy (non-hydrogen) atoms. The lowest BCUT2D eigenvalue weighted by Gasteiger charge is -2.23. The number of aliphatic hydroxyl groups is 1. The van der Waals surface area contributed by atoms with Crippen molar-refractivity contribution in [3.63, 3.8) is 0 Å². The van der Waals surface area contributed by atoms with Gasteiger partial charge in [0.2, 0.25) is 0 Å². The molecule has 0 fully saturated rings. The van der Waals surface area contributed by atoms with Crippen molar-refractivity contribution < 1.29 is 9.84 Å². The van der Waals surface area contributed by atoms with Gasteiger partial charge in [0.25, 0.3) is 0 Å². The fraction of sp³-hybridized carbons (Fsp3) is 0.522. The molecule has 0 saturated carbocycles. The van der Waals surface area contributed by atoms with Crippen molar-refractivity contribution in [2.45, 2.75) is 52.9 Å². The van der Waals surface area contributed by atoms with E-state index in [-0.39, 0.29) is 13.0 Å². The molecule has 0 aliphatic heterocycles. The molecule has 0 heterocycles. The quantitative estimate of drug-likeness (QED) is 0.467. The lowest BCUT2D eigenvalue weighted by molar-refractivity contribution is 0.222.